The quantitative estimate of drug-likeness (QED) is 0.806. The van der Waals surface area contributed by atoms with Crippen molar-refractivity contribution >= 4 is 0 Å². The van der Waals surface area contributed by atoms with Crippen molar-refractivity contribution in [1.82, 2.24) is 10.2 Å². The summed E-state index contributed by atoms with van der Waals surface area (Å²) in [6.45, 7) is 12.0. The first kappa shape index (κ1) is 14.3. The average Bonchev–Trinajstić information content (AvgIpc) is 2.36. The first-order valence-electron chi connectivity index (χ1n) is 8.16. The first-order valence-corrected chi connectivity index (χ1v) is 8.16. The summed E-state index contributed by atoms with van der Waals surface area (Å²) >= 11 is 0. The topological polar surface area (TPSA) is 15.3 Å². The summed E-state index contributed by atoms with van der Waals surface area (Å²) in [5, 5.41) is 3.85. The van der Waals surface area contributed by atoms with Gasteiger partial charge in [-0.1, -0.05) is 27.2 Å². The van der Waals surface area contributed by atoms with E-state index in [4.69, 9.17) is 0 Å². The third-order valence-electron chi connectivity index (χ3n) is 5.85. The van der Waals surface area contributed by atoms with Gasteiger partial charge in [0.2, 0.25) is 0 Å². The van der Waals surface area contributed by atoms with Crippen molar-refractivity contribution in [1.29, 1.82) is 0 Å². The fraction of sp³-hybridized carbons (Fsp3) is 1.00. The van der Waals surface area contributed by atoms with Crippen LogP contribution in [0.1, 0.15) is 66.2 Å². The molecule has 1 heterocycles. The second-order valence-corrected chi connectivity index (χ2v) is 6.53. The van der Waals surface area contributed by atoms with Crippen molar-refractivity contribution in [3.05, 3.63) is 0 Å². The molecule has 0 radical (unpaired) electrons. The average molecular weight is 252 g/mol. The van der Waals surface area contributed by atoms with Crippen molar-refractivity contribution in [2.75, 3.05) is 13.1 Å². The largest absolute Gasteiger partial charge is 0.308 e. The van der Waals surface area contributed by atoms with Crippen LogP contribution in [0.4, 0.5) is 0 Å². The standard InChI is InChI=1S/C16H32N2/c1-5-15-11-17-16(6-2,7-3)12-18(15)13(4)14-9-8-10-14/h13-15,17H,5-12H2,1-4H3. The zero-order chi connectivity index (χ0) is 13.2. The van der Waals surface area contributed by atoms with Gasteiger partial charge in [0.05, 0.1) is 0 Å². The van der Waals surface area contributed by atoms with Gasteiger partial charge in [-0.3, -0.25) is 4.90 Å². The van der Waals surface area contributed by atoms with Crippen LogP contribution in [0.2, 0.25) is 0 Å². The van der Waals surface area contributed by atoms with E-state index < -0.39 is 0 Å². The lowest BCUT2D eigenvalue weighted by atomic mass is 9.77. The molecule has 2 fully saturated rings. The van der Waals surface area contributed by atoms with E-state index in [0.29, 0.717) is 5.54 Å². The Balaban J connectivity index is 2.06. The van der Waals surface area contributed by atoms with Crippen LogP contribution in [0.5, 0.6) is 0 Å². The molecular weight excluding hydrogens is 220 g/mol. The molecule has 1 saturated heterocycles. The first-order chi connectivity index (χ1) is 8.65. The molecule has 0 spiro atoms. The van der Waals surface area contributed by atoms with Gasteiger partial charge >= 0.3 is 0 Å². The van der Waals surface area contributed by atoms with E-state index >= 15 is 0 Å². The molecule has 0 aromatic rings. The lowest BCUT2D eigenvalue weighted by molar-refractivity contribution is 0.00400. The predicted molar refractivity (Wildman–Crippen MR) is 78.9 cm³/mol. The molecule has 2 heteroatoms. The Kier molecular flexibility index (Phi) is 4.71. The molecule has 2 aliphatic rings. The van der Waals surface area contributed by atoms with Gasteiger partial charge in [-0.05, 0) is 44.9 Å². The number of nitrogens with zero attached hydrogens (tertiary/aromatic N) is 1. The van der Waals surface area contributed by atoms with Gasteiger partial charge in [-0.2, -0.15) is 0 Å². The number of piperazine rings is 1. The minimum atomic E-state index is 0.379. The summed E-state index contributed by atoms with van der Waals surface area (Å²) in [7, 11) is 0. The van der Waals surface area contributed by atoms with Crippen LogP contribution in [-0.2, 0) is 0 Å². The second-order valence-electron chi connectivity index (χ2n) is 6.53. The third-order valence-corrected chi connectivity index (χ3v) is 5.85. The maximum Gasteiger partial charge on any atom is 0.0304 e. The molecule has 0 bridgehead atoms. The molecule has 106 valence electrons. The highest BCUT2D eigenvalue weighted by Crippen LogP contribution is 2.35. The van der Waals surface area contributed by atoms with E-state index in [-0.39, 0.29) is 0 Å². The van der Waals surface area contributed by atoms with Crippen LogP contribution in [0.3, 0.4) is 0 Å². The predicted octanol–water partition coefficient (Wildman–Crippen LogP) is 3.42. The number of rotatable bonds is 5. The van der Waals surface area contributed by atoms with Crippen molar-refractivity contribution in [2.45, 2.75) is 83.8 Å². The maximum atomic E-state index is 3.85. The molecule has 2 atom stereocenters. The summed E-state index contributed by atoms with van der Waals surface area (Å²) in [5.41, 5.74) is 0.379. The molecular formula is C16H32N2. The lowest BCUT2D eigenvalue weighted by Crippen LogP contribution is -2.66. The lowest BCUT2D eigenvalue weighted by Gasteiger charge is -2.52. The van der Waals surface area contributed by atoms with E-state index in [1.165, 1.54) is 51.6 Å². The molecule has 0 aromatic heterocycles. The van der Waals surface area contributed by atoms with E-state index in [9.17, 15) is 0 Å². The van der Waals surface area contributed by atoms with Crippen molar-refractivity contribution in [3.8, 4) is 0 Å². The second kappa shape index (κ2) is 5.92. The number of hydrogen-bond acceptors (Lipinski definition) is 2. The zero-order valence-corrected chi connectivity index (χ0v) is 12.8. The Morgan fingerprint density at radius 2 is 1.89 bits per heavy atom. The third kappa shape index (κ3) is 2.60. The number of nitrogens with one attached hydrogen (secondary N) is 1. The Hall–Kier alpha value is -0.0800. The van der Waals surface area contributed by atoms with Gasteiger partial charge < -0.3 is 5.32 Å². The van der Waals surface area contributed by atoms with E-state index in [0.717, 1.165) is 18.0 Å². The minimum absolute atomic E-state index is 0.379. The minimum Gasteiger partial charge on any atom is -0.308 e. The fourth-order valence-corrected chi connectivity index (χ4v) is 3.76. The molecule has 1 aliphatic heterocycles. The molecule has 1 aliphatic carbocycles. The molecule has 2 nitrogen and oxygen atoms in total. The highest BCUT2D eigenvalue weighted by Gasteiger charge is 2.40. The van der Waals surface area contributed by atoms with Gasteiger partial charge in [0.15, 0.2) is 0 Å². The van der Waals surface area contributed by atoms with Crippen molar-refractivity contribution in [2.24, 2.45) is 5.92 Å². The van der Waals surface area contributed by atoms with Crippen LogP contribution in [0, 0.1) is 5.92 Å². The summed E-state index contributed by atoms with van der Waals surface area (Å²) in [6.07, 6.45) is 8.19. The van der Waals surface area contributed by atoms with Crippen LogP contribution in [0.25, 0.3) is 0 Å². The molecule has 2 unspecified atom stereocenters. The van der Waals surface area contributed by atoms with Crippen LogP contribution in [-0.4, -0.2) is 35.6 Å². The summed E-state index contributed by atoms with van der Waals surface area (Å²) in [5.74, 6) is 0.976. The Morgan fingerprint density at radius 1 is 1.22 bits per heavy atom. The Labute approximate surface area is 114 Å². The smallest absolute Gasteiger partial charge is 0.0304 e. The molecule has 1 N–H and O–H groups in total. The SMILES string of the molecule is CCC1CNC(CC)(CC)CN1C(C)C1CCC1. The van der Waals surface area contributed by atoms with Gasteiger partial charge in [0, 0.05) is 30.7 Å². The molecule has 0 aromatic carbocycles. The van der Waals surface area contributed by atoms with Crippen LogP contribution in [0.15, 0.2) is 0 Å². The van der Waals surface area contributed by atoms with E-state index in [1.54, 1.807) is 0 Å². The van der Waals surface area contributed by atoms with Gasteiger partial charge in [0.25, 0.3) is 0 Å². The van der Waals surface area contributed by atoms with Gasteiger partial charge in [-0.25, -0.2) is 0 Å². The highest BCUT2D eigenvalue weighted by atomic mass is 15.3. The monoisotopic (exact) mass is 252 g/mol. The van der Waals surface area contributed by atoms with Gasteiger partial charge in [0.1, 0.15) is 0 Å². The summed E-state index contributed by atoms with van der Waals surface area (Å²) in [6, 6.07) is 1.55. The highest BCUT2D eigenvalue weighted by molar-refractivity contribution is 4.99. The number of hydrogen-bond donors (Lipinski definition) is 1. The summed E-state index contributed by atoms with van der Waals surface area (Å²) in [4.78, 5) is 2.84. The van der Waals surface area contributed by atoms with E-state index in [1.807, 2.05) is 0 Å². The van der Waals surface area contributed by atoms with Crippen molar-refractivity contribution < 1.29 is 0 Å². The maximum absolute atomic E-state index is 3.85. The van der Waals surface area contributed by atoms with E-state index in [2.05, 4.69) is 37.9 Å². The molecule has 1 saturated carbocycles. The molecule has 18 heavy (non-hydrogen) atoms. The normalized spacial score (nSPS) is 31.0. The Morgan fingerprint density at radius 3 is 2.33 bits per heavy atom. The Bertz CT molecular complexity index is 256. The molecule has 2 rings (SSSR count). The summed E-state index contributed by atoms with van der Waals surface area (Å²) < 4.78 is 0. The van der Waals surface area contributed by atoms with Gasteiger partial charge in [-0.15, -0.1) is 0 Å². The van der Waals surface area contributed by atoms with Crippen molar-refractivity contribution in [3.63, 3.8) is 0 Å². The van der Waals surface area contributed by atoms with Crippen LogP contribution >= 0.6 is 0 Å². The van der Waals surface area contributed by atoms with Crippen LogP contribution < -0.4 is 5.32 Å². The fourth-order valence-electron chi connectivity index (χ4n) is 3.76. The zero-order valence-electron chi connectivity index (χ0n) is 12.8. The molecule has 0 amide bonds.